The van der Waals surface area contributed by atoms with E-state index in [4.69, 9.17) is 4.74 Å². The molecule has 0 saturated carbocycles. The minimum Gasteiger partial charge on any atom is -0.466 e. The lowest BCUT2D eigenvalue weighted by Crippen LogP contribution is -2.66. The quantitative estimate of drug-likeness (QED) is 0.535. The second-order valence-electron chi connectivity index (χ2n) is 4.14. The zero-order chi connectivity index (χ0) is 12.4. The van der Waals surface area contributed by atoms with Crippen molar-refractivity contribution in [2.24, 2.45) is 11.8 Å². The van der Waals surface area contributed by atoms with Crippen molar-refractivity contribution < 1.29 is 19.1 Å². The van der Waals surface area contributed by atoms with Crippen molar-refractivity contribution >= 4 is 17.9 Å². The molecule has 2 rings (SSSR count). The Kier molecular flexibility index (Phi) is 3.28. The summed E-state index contributed by atoms with van der Waals surface area (Å²) >= 11 is 0. The van der Waals surface area contributed by atoms with E-state index in [9.17, 15) is 14.4 Å². The molecule has 3 unspecified atom stereocenters. The molecule has 3 N–H and O–H groups in total. The van der Waals surface area contributed by atoms with E-state index in [1.807, 2.05) is 0 Å². The van der Waals surface area contributed by atoms with Gasteiger partial charge < -0.3 is 10.1 Å². The molecule has 0 aliphatic carbocycles. The lowest BCUT2D eigenvalue weighted by Gasteiger charge is -2.38. The summed E-state index contributed by atoms with van der Waals surface area (Å²) in [5.74, 6) is -1.41. The molecular weight excluding hydrogens is 226 g/mol. The van der Waals surface area contributed by atoms with Crippen LogP contribution >= 0.6 is 0 Å². The largest absolute Gasteiger partial charge is 0.466 e. The summed E-state index contributed by atoms with van der Waals surface area (Å²) in [5, 5.41) is 7.77. The number of ether oxygens (including phenoxy) is 1. The summed E-state index contributed by atoms with van der Waals surface area (Å²) < 4.78 is 4.92. The van der Waals surface area contributed by atoms with Crippen LogP contribution in [0.4, 0.5) is 4.79 Å². The first-order valence-corrected chi connectivity index (χ1v) is 5.63. The number of urea groups is 1. The number of hydrogen-bond donors (Lipinski definition) is 3. The van der Waals surface area contributed by atoms with Crippen molar-refractivity contribution in [1.82, 2.24) is 16.0 Å². The molecule has 0 radical (unpaired) electrons. The molecule has 0 spiro atoms. The topological polar surface area (TPSA) is 96.5 Å². The first-order chi connectivity index (χ1) is 8.11. The predicted octanol–water partition coefficient (Wildman–Crippen LogP) is -1.06. The van der Waals surface area contributed by atoms with Crippen LogP contribution in [-0.2, 0) is 14.3 Å². The van der Waals surface area contributed by atoms with Crippen LogP contribution in [0.2, 0.25) is 0 Å². The third kappa shape index (κ3) is 2.38. The van der Waals surface area contributed by atoms with Crippen LogP contribution in [0, 0.1) is 11.8 Å². The van der Waals surface area contributed by atoms with Gasteiger partial charge in [-0.2, -0.15) is 0 Å². The van der Waals surface area contributed by atoms with Crippen LogP contribution < -0.4 is 16.0 Å². The molecule has 0 aromatic rings. The van der Waals surface area contributed by atoms with Gasteiger partial charge in [-0.1, -0.05) is 0 Å². The monoisotopic (exact) mass is 241 g/mol. The van der Waals surface area contributed by atoms with E-state index in [0.717, 1.165) is 0 Å². The Morgan fingerprint density at radius 1 is 1.47 bits per heavy atom. The predicted molar refractivity (Wildman–Crippen MR) is 56.7 cm³/mol. The van der Waals surface area contributed by atoms with Crippen molar-refractivity contribution in [3.8, 4) is 0 Å². The lowest BCUT2D eigenvalue weighted by molar-refractivity contribution is -0.150. The third-order valence-electron chi connectivity index (χ3n) is 3.01. The average molecular weight is 241 g/mol. The molecule has 2 aliphatic heterocycles. The Morgan fingerprint density at radius 3 is 2.94 bits per heavy atom. The van der Waals surface area contributed by atoms with Gasteiger partial charge in [0.15, 0.2) is 0 Å². The van der Waals surface area contributed by atoms with E-state index in [1.165, 1.54) is 0 Å². The first-order valence-electron chi connectivity index (χ1n) is 5.63. The van der Waals surface area contributed by atoms with Gasteiger partial charge in [-0.3, -0.25) is 20.2 Å². The van der Waals surface area contributed by atoms with Crippen LogP contribution in [0.15, 0.2) is 0 Å². The summed E-state index contributed by atoms with van der Waals surface area (Å²) in [6, 6.07) is -0.502. The lowest BCUT2D eigenvalue weighted by atomic mass is 9.86. The van der Waals surface area contributed by atoms with Crippen molar-refractivity contribution in [1.29, 1.82) is 0 Å². The number of rotatable bonds is 2. The highest BCUT2D eigenvalue weighted by Crippen LogP contribution is 2.23. The van der Waals surface area contributed by atoms with Crippen LogP contribution in [0.1, 0.15) is 13.3 Å². The van der Waals surface area contributed by atoms with Gasteiger partial charge in [-0.15, -0.1) is 0 Å². The minimum atomic E-state index is -0.502. The standard InChI is InChI=1S/C10H15N3O4/c1-2-17-9(15)5-3-6-7(11-4-5)12-10(16)13-8(6)14/h5-7,11H,2-4H2,1H3,(H2,12,13,14,16). The fourth-order valence-corrected chi connectivity index (χ4v) is 2.17. The summed E-state index contributed by atoms with van der Waals surface area (Å²) in [6.45, 7) is 2.48. The van der Waals surface area contributed by atoms with Gasteiger partial charge in [0.1, 0.15) is 0 Å². The third-order valence-corrected chi connectivity index (χ3v) is 3.01. The second-order valence-corrected chi connectivity index (χ2v) is 4.14. The van der Waals surface area contributed by atoms with Crippen molar-refractivity contribution in [2.45, 2.75) is 19.5 Å². The van der Waals surface area contributed by atoms with Crippen molar-refractivity contribution in [2.75, 3.05) is 13.2 Å². The number of nitrogens with one attached hydrogen (secondary N) is 3. The summed E-state index contributed by atoms with van der Waals surface area (Å²) in [5.41, 5.74) is 0. The summed E-state index contributed by atoms with van der Waals surface area (Å²) in [6.07, 6.45) is 0.00438. The van der Waals surface area contributed by atoms with Crippen molar-refractivity contribution in [3.05, 3.63) is 0 Å². The number of esters is 1. The highest BCUT2D eigenvalue weighted by atomic mass is 16.5. The molecule has 2 saturated heterocycles. The summed E-state index contributed by atoms with van der Waals surface area (Å²) in [4.78, 5) is 34.2. The number of hydrogen-bond acceptors (Lipinski definition) is 5. The van der Waals surface area contributed by atoms with E-state index < -0.39 is 11.9 Å². The number of carbonyl (C=O) groups excluding carboxylic acids is 3. The Labute approximate surface area is 98.3 Å². The number of carbonyl (C=O) groups is 3. The molecule has 0 aromatic heterocycles. The molecule has 3 amide bonds. The van der Waals surface area contributed by atoms with E-state index in [-0.39, 0.29) is 24.0 Å². The van der Waals surface area contributed by atoms with Gasteiger partial charge in [0.25, 0.3) is 0 Å². The first kappa shape index (κ1) is 11.8. The Hall–Kier alpha value is -1.63. The zero-order valence-electron chi connectivity index (χ0n) is 9.49. The van der Waals surface area contributed by atoms with Gasteiger partial charge in [-0.25, -0.2) is 4.79 Å². The van der Waals surface area contributed by atoms with E-state index >= 15 is 0 Å². The molecule has 7 nitrogen and oxygen atoms in total. The number of amides is 3. The van der Waals surface area contributed by atoms with Crippen molar-refractivity contribution in [3.63, 3.8) is 0 Å². The molecule has 3 atom stereocenters. The Balaban J connectivity index is 2.00. The minimum absolute atomic E-state index is 0.303. The fraction of sp³-hybridized carbons (Fsp3) is 0.700. The highest BCUT2D eigenvalue weighted by Gasteiger charge is 2.42. The molecule has 2 fully saturated rings. The maximum Gasteiger partial charge on any atom is 0.322 e. The SMILES string of the molecule is CCOC(=O)C1CNC2NC(=O)NC(=O)C2C1. The van der Waals surface area contributed by atoms with Crippen LogP contribution in [-0.4, -0.2) is 37.2 Å². The van der Waals surface area contributed by atoms with Crippen LogP contribution in [0.25, 0.3) is 0 Å². The van der Waals surface area contributed by atoms with Crippen LogP contribution in [0.5, 0.6) is 0 Å². The number of imide groups is 1. The molecule has 0 bridgehead atoms. The zero-order valence-corrected chi connectivity index (χ0v) is 9.49. The van der Waals surface area contributed by atoms with Gasteiger partial charge in [-0.05, 0) is 13.3 Å². The molecule has 7 heteroatoms. The van der Waals surface area contributed by atoms with Gasteiger partial charge in [0, 0.05) is 6.54 Å². The second kappa shape index (κ2) is 4.70. The molecule has 2 aliphatic rings. The highest BCUT2D eigenvalue weighted by molar-refractivity contribution is 5.98. The number of piperidine rings is 1. The molecule has 0 aromatic carbocycles. The molecule has 94 valence electrons. The van der Waals surface area contributed by atoms with E-state index in [2.05, 4.69) is 16.0 Å². The smallest absolute Gasteiger partial charge is 0.322 e. The normalized spacial score (nSPS) is 32.2. The van der Waals surface area contributed by atoms with Gasteiger partial charge >= 0.3 is 12.0 Å². The van der Waals surface area contributed by atoms with Gasteiger partial charge in [0.05, 0.1) is 24.6 Å². The maximum absolute atomic E-state index is 11.6. The van der Waals surface area contributed by atoms with Crippen LogP contribution in [0.3, 0.4) is 0 Å². The molecule has 17 heavy (non-hydrogen) atoms. The molecule has 2 heterocycles. The number of fused-ring (bicyclic) bond motifs is 1. The van der Waals surface area contributed by atoms with E-state index in [1.54, 1.807) is 6.92 Å². The average Bonchev–Trinajstić information content (AvgIpc) is 2.28. The Bertz CT molecular complexity index is 357. The van der Waals surface area contributed by atoms with Gasteiger partial charge in [0.2, 0.25) is 5.91 Å². The summed E-state index contributed by atoms with van der Waals surface area (Å²) in [7, 11) is 0. The van der Waals surface area contributed by atoms with E-state index in [0.29, 0.717) is 19.6 Å². The fourth-order valence-electron chi connectivity index (χ4n) is 2.17. The maximum atomic E-state index is 11.6. The molecular formula is C10H15N3O4. The Morgan fingerprint density at radius 2 is 2.24 bits per heavy atom.